The van der Waals surface area contributed by atoms with Crippen LogP contribution in [0.2, 0.25) is 0 Å². The molecule has 27 heavy (non-hydrogen) atoms. The van der Waals surface area contributed by atoms with Crippen LogP contribution in [0.25, 0.3) is 0 Å². The van der Waals surface area contributed by atoms with Crippen molar-refractivity contribution in [2.75, 3.05) is 6.54 Å². The van der Waals surface area contributed by atoms with Crippen LogP contribution < -0.4 is 5.32 Å². The Morgan fingerprint density at radius 3 is 2.67 bits per heavy atom. The average Bonchev–Trinajstić information content (AvgIpc) is 2.60. The highest BCUT2D eigenvalue weighted by molar-refractivity contribution is 5.86. The van der Waals surface area contributed by atoms with Gasteiger partial charge in [-0.3, -0.25) is 4.79 Å². The lowest BCUT2D eigenvalue weighted by Crippen LogP contribution is -2.60. The summed E-state index contributed by atoms with van der Waals surface area (Å²) >= 11 is 0. The van der Waals surface area contributed by atoms with E-state index in [0.29, 0.717) is 23.2 Å². The summed E-state index contributed by atoms with van der Waals surface area (Å²) in [7, 11) is 0. The number of carbonyl (C=O) groups excluding carboxylic acids is 1. The lowest BCUT2D eigenvalue weighted by atomic mass is 9.38. The van der Waals surface area contributed by atoms with Crippen molar-refractivity contribution in [2.24, 2.45) is 22.7 Å². The maximum atomic E-state index is 13.8. The zero-order chi connectivity index (χ0) is 18.7. The van der Waals surface area contributed by atoms with Gasteiger partial charge in [-0.25, -0.2) is 0 Å². The van der Waals surface area contributed by atoms with Crippen molar-refractivity contribution in [3.8, 4) is 0 Å². The molecular weight excluding hydrogens is 330 g/mol. The minimum Gasteiger partial charge on any atom is -0.314 e. The molecule has 1 heterocycles. The van der Waals surface area contributed by atoms with Crippen LogP contribution in [0.15, 0.2) is 30.3 Å². The largest absolute Gasteiger partial charge is 0.314 e. The zero-order valence-corrected chi connectivity index (χ0v) is 17.1. The number of hydrogen-bond acceptors (Lipinski definition) is 2. The highest BCUT2D eigenvalue weighted by Gasteiger charge is 2.64. The predicted octanol–water partition coefficient (Wildman–Crippen LogP) is 5.26. The Morgan fingerprint density at radius 1 is 1.11 bits per heavy atom. The molecule has 0 spiro atoms. The Labute approximate surface area is 164 Å². The van der Waals surface area contributed by atoms with Gasteiger partial charge in [0, 0.05) is 17.9 Å². The monoisotopic (exact) mass is 365 g/mol. The third kappa shape index (κ3) is 2.99. The van der Waals surface area contributed by atoms with Crippen molar-refractivity contribution < 1.29 is 4.79 Å². The first kappa shape index (κ1) is 17.9. The van der Waals surface area contributed by atoms with Crippen molar-refractivity contribution in [1.29, 1.82) is 0 Å². The van der Waals surface area contributed by atoms with E-state index in [9.17, 15) is 4.79 Å². The van der Waals surface area contributed by atoms with Gasteiger partial charge >= 0.3 is 0 Å². The molecule has 2 heteroatoms. The van der Waals surface area contributed by atoms with E-state index in [4.69, 9.17) is 0 Å². The normalized spacial score (nSPS) is 45.8. The van der Waals surface area contributed by atoms with Crippen LogP contribution in [0.1, 0.15) is 77.2 Å². The average molecular weight is 366 g/mol. The Balaban J connectivity index is 1.45. The van der Waals surface area contributed by atoms with Gasteiger partial charge in [0.05, 0.1) is 0 Å². The number of hydrogen-bond donors (Lipinski definition) is 1. The van der Waals surface area contributed by atoms with E-state index in [0.717, 1.165) is 31.7 Å². The van der Waals surface area contributed by atoms with Crippen LogP contribution >= 0.6 is 0 Å². The second kappa shape index (κ2) is 6.17. The number of nitrogens with one attached hydrogen (secondary N) is 1. The van der Waals surface area contributed by atoms with Crippen molar-refractivity contribution >= 4 is 5.78 Å². The van der Waals surface area contributed by atoms with Gasteiger partial charge in [-0.15, -0.1) is 0 Å². The number of ketones is 1. The molecule has 0 radical (unpaired) electrons. The van der Waals surface area contributed by atoms with Crippen LogP contribution in [0.5, 0.6) is 0 Å². The van der Waals surface area contributed by atoms with E-state index in [-0.39, 0.29) is 10.8 Å². The smallest absolute Gasteiger partial charge is 0.139 e. The predicted molar refractivity (Wildman–Crippen MR) is 110 cm³/mol. The van der Waals surface area contributed by atoms with Gasteiger partial charge in [0.2, 0.25) is 0 Å². The zero-order valence-electron chi connectivity index (χ0n) is 17.1. The molecule has 4 bridgehead atoms. The standard InChI is InChI=1S/C25H35NO/c1-18-10-19(8-9-26-18)11-22(27)25-14-20-12-23(2,16-25)15-24(13-20,17-25)21-6-4-3-5-7-21/h3-7,18-20,26H,8-17H2,1-2H3/t18-,19-,20?,23+,24+,25?/m0/s1. The van der Waals surface area contributed by atoms with Crippen LogP contribution in [0, 0.1) is 22.7 Å². The molecule has 146 valence electrons. The van der Waals surface area contributed by atoms with E-state index < -0.39 is 0 Å². The molecule has 1 aromatic rings. The SMILES string of the molecule is C[C@H]1C[C@@H](CC(=O)C23CC4C[C@@](C)(C2)C[C@](c2ccccc2)(C4)C3)CCN1. The Bertz CT molecular complexity index is 729. The van der Waals surface area contributed by atoms with Gasteiger partial charge in [-0.05, 0) is 93.1 Å². The Kier molecular flexibility index (Phi) is 4.10. The van der Waals surface area contributed by atoms with Crippen molar-refractivity contribution in [2.45, 2.75) is 83.1 Å². The fourth-order valence-corrected chi connectivity index (χ4v) is 8.24. The van der Waals surface area contributed by atoms with Crippen molar-refractivity contribution in [1.82, 2.24) is 5.32 Å². The molecule has 4 saturated carbocycles. The number of rotatable bonds is 4. The van der Waals surface area contributed by atoms with Crippen LogP contribution in [-0.4, -0.2) is 18.4 Å². The number of carbonyl (C=O) groups is 1. The van der Waals surface area contributed by atoms with Crippen LogP contribution in [-0.2, 0) is 10.2 Å². The highest BCUT2D eigenvalue weighted by atomic mass is 16.1. The third-order valence-electron chi connectivity index (χ3n) is 8.53. The van der Waals surface area contributed by atoms with E-state index in [1.165, 1.54) is 44.1 Å². The molecule has 4 aliphatic carbocycles. The Morgan fingerprint density at radius 2 is 1.93 bits per heavy atom. The van der Waals surface area contributed by atoms with Gasteiger partial charge in [0.1, 0.15) is 5.78 Å². The lowest BCUT2D eigenvalue weighted by Gasteiger charge is -2.66. The summed E-state index contributed by atoms with van der Waals surface area (Å²) in [5, 5.41) is 3.54. The fourth-order valence-electron chi connectivity index (χ4n) is 8.24. The molecule has 1 aliphatic heterocycles. The summed E-state index contributed by atoms with van der Waals surface area (Å²) in [6, 6.07) is 11.8. The van der Waals surface area contributed by atoms with E-state index in [1.807, 2.05) is 0 Å². The van der Waals surface area contributed by atoms with Gasteiger partial charge in [-0.1, -0.05) is 37.3 Å². The number of benzene rings is 1. The second-order valence-electron chi connectivity index (χ2n) is 11.1. The summed E-state index contributed by atoms with van der Waals surface area (Å²) < 4.78 is 0. The summed E-state index contributed by atoms with van der Waals surface area (Å²) in [6.45, 7) is 5.84. The molecule has 2 unspecified atom stereocenters. The molecule has 0 amide bonds. The molecule has 6 rings (SSSR count). The van der Waals surface area contributed by atoms with Crippen LogP contribution in [0.3, 0.4) is 0 Å². The summed E-state index contributed by atoms with van der Waals surface area (Å²) in [5.41, 5.74) is 2.10. The molecule has 1 N–H and O–H groups in total. The quantitative estimate of drug-likeness (QED) is 0.788. The summed E-state index contributed by atoms with van der Waals surface area (Å²) in [5.74, 6) is 1.97. The first-order chi connectivity index (χ1) is 12.9. The minimum atomic E-state index is -0.0296. The molecule has 6 atom stereocenters. The summed E-state index contributed by atoms with van der Waals surface area (Å²) in [4.78, 5) is 13.8. The number of Topliss-reactive ketones (excluding diaryl/α,β-unsaturated/α-hetero) is 1. The van der Waals surface area contributed by atoms with Crippen molar-refractivity contribution in [3.63, 3.8) is 0 Å². The van der Waals surface area contributed by atoms with Gasteiger partial charge in [0.25, 0.3) is 0 Å². The molecule has 5 aliphatic rings. The molecular formula is C25H35NO. The van der Waals surface area contributed by atoms with Gasteiger partial charge < -0.3 is 5.32 Å². The first-order valence-electron chi connectivity index (χ1n) is 11.2. The highest BCUT2D eigenvalue weighted by Crippen LogP contribution is 2.70. The molecule has 5 fully saturated rings. The van der Waals surface area contributed by atoms with E-state index in [2.05, 4.69) is 49.5 Å². The molecule has 1 aromatic carbocycles. The van der Waals surface area contributed by atoms with Crippen LogP contribution in [0.4, 0.5) is 0 Å². The lowest BCUT2D eigenvalue weighted by molar-refractivity contribution is -0.159. The second-order valence-corrected chi connectivity index (χ2v) is 11.1. The van der Waals surface area contributed by atoms with Gasteiger partial charge in [-0.2, -0.15) is 0 Å². The maximum absolute atomic E-state index is 13.8. The van der Waals surface area contributed by atoms with E-state index >= 15 is 0 Å². The maximum Gasteiger partial charge on any atom is 0.139 e. The molecule has 2 nitrogen and oxygen atoms in total. The first-order valence-corrected chi connectivity index (χ1v) is 11.2. The molecule has 1 saturated heterocycles. The van der Waals surface area contributed by atoms with E-state index in [1.54, 1.807) is 0 Å². The fraction of sp³-hybridized carbons (Fsp3) is 0.720. The Hall–Kier alpha value is -1.15. The topological polar surface area (TPSA) is 29.1 Å². The molecule has 0 aromatic heterocycles. The summed E-state index contributed by atoms with van der Waals surface area (Å²) in [6.07, 6.45) is 10.6. The third-order valence-corrected chi connectivity index (χ3v) is 8.53. The van der Waals surface area contributed by atoms with Crippen molar-refractivity contribution in [3.05, 3.63) is 35.9 Å². The minimum absolute atomic E-state index is 0.0296. The number of piperidine rings is 1. The van der Waals surface area contributed by atoms with Gasteiger partial charge in [0.15, 0.2) is 0 Å².